The van der Waals surface area contributed by atoms with Gasteiger partial charge in [-0.1, -0.05) is 13.0 Å². The third-order valence-electron chi connectivity index (χ3n) is 5.40. The number of piperidine rings is 1. The van der Waals surface area contributed by atoms with Crippen LogP contribution in [0.15, 0.2) is 18.3 Å². The van der Waals surface area contributed by atoms with E-state index < -0.39 is 17.7 Å². The number of carbonyl (C=O) groups is 4. The molecule has 4 amide bonds. The monoisotopic (exact) mass is 488 g/mol. The summed E-state index contributed by atoms with van der Waals surface area (Å²) in [6.07, 6.45) is 5.43. The molecule has 0 saturated carbocycles. The maximum absolute atomic E-state index is 11.9. The molecule has 0 bridgehead atoms. The summed E-state index contributed by atoms with van der Waals surface area (Å²) < 4.78 is 5.21. The van der Waals surface area contributed by atoms with Gasteiger partial charge in [0.2, 0.25) is 6.41 Å². The van der Waals surface area contributed by atoms with Crippen LogP contribution in [-0.2, 0) is 38.6 Å². The van der Waals surface area contributed by atoms with Gasteiger partial charge in [0, 0.05) is 31.7 Å². The first-order chi connectivity index (χ1) is 16.4. The Hall–Kier alpha value is -3.38. The zero-order valence-corrected chi connectivity index (χ0v) is 19.7. The lowest BCUT2D eigenvalue weighted by Crippen LogP contribution is -2.47. The third kappa shape index (κ3) is 7.06. The van der Waals surface area contributed by atoms with Crippen LogP contribution in [0.25, 0.3) is 0 Å². The minimum Gasteiger partial charge on any atom is -0.375 e. The van der Waals surface area contributed by atoms with Crippen LogP contribution >= 0.6 is 11.3 Å². The van der Waals surface area contributed by atoms with Crippen LogP contribution in [0.4, 0.5) is 5.82 Å². The molecule has 2 aliphatic rings. The molecule has 4 N–H and O–H groups in total. The number of carbonyl (C=O) groups excluding carboxylic acids is 4. The molecule has 2 aromatic rings. The minimum atomic E-state index is -0.727. The van der Waals surface area contributed by atoms with Crippen molar-refractivity contribution in [3.8, 4) is 0 Å². The van der Waals surface area contributed by atoms with Gasteiger partial charge in [-0.15, -0.1) is 11.3 Å². The van der Waals surface area contributed by atoms with Gasteiger partial charge in [-0.3, -0.25) is 19.2 Å². The first-order valence-electron chi connectivity index (χ1n) is 11.0. The van der Waals surface area contributed by atoms with Gasteiger partial charge < -0.3 is 26.0 Å². The van der Waals surface area contributed by atoms with Crippen molar-refractivity contribution in [3.05, 3.63) is 39.5 Å². The quantitative estimate of drug-likeness (QED) is 0.412. The molecule has 0 aromatic carbocycles. The van der Waals surface area contributed by atoms with Gasteiger partial charge in [-0.25, -0.2) is 9.97 Å². The molecule has 1 fully saturated rings. The first-order valence-corrected chi connectivity index (χ1v) is 11.8. The molecule has 1 saturated heterocycles. The van der Waals surface area contributed by atoms with Crippen molar-refractivity contribution in [1.29, 1.82) is 0 Å². The number of anilines is 1. The van der Waals surface area contributed by atoms with Gasteiger partial charge in [0.15, 0.2) is 5.01 Å². The SMILES string of the molecule is CCc1ccc(NC(=O)C(=O)NC2CCN(C=O)CC2)nc1.NC(=O)c1nc2c(s1)COCC2. The standard InChI is InChI=1S/C15H20N4O3.C7H8N2O2S/c1-2-11-3-4-13(16-9-11)18-15(22)14(21)17-12-5-7-19(10-20)8-6-12;8-6(10)7-9-4-1-2-11-3-5(4)12-7/h3-4,9-10,12H,2,5-8H2,1H3,(H,17,21)(H,16,18,22);1-3H2,(H2,8,10). The molecule has 182 valence electrons. The van der Waals surface area contributed by atoms with E-state index in [2.05, 4.69) is 20.6 Å². The fraction of sp³-hybridized carbons (Fsp3) is 0.455. The number of nitrogens with one attached hydrogen (secondary N) is 2. The Morgan fingerprint density at radius 3 is 2.62 bits per heavy atom. The molecule has 12 heteroatoms. The van der Waals surface area contributed by atoms with E-state index in [0.717, 1.165) is 35.4 Å². The predicted molar refractivity (Wildman–Crippen MR) is 125 cm³/mol. The van der Waals surface area contributed by atoms with Crippen LogP contribution in [0, 0.1) is 0 Å². The maximum atomic E-state index is 11.9. The number of likely N-dealkylation sites (tertiary alicyclic amines) is 1. The number of fused-ring (bicyclic) bond motifs is 1. The molecule has 2 aromatic heterocycles. The van der Waals surface area contributed by atoms with Gasteiger partial charge >= 0.3 is 11.8 Å². The molecule has 0 spiro atoms. The van der Waals surface area contributed by atoms with Gasteiger partial charge in [-0.05, 0) is 30.9 Å². The van der Waals surface area contributed by atoms with Gasteiger partial charge in [0.25, 0.3) is 5.91 Å². The van der Waals surface area contributed by atoms with Crippen LogP contribution in [0.5, 0.6) is 0 Å². The highest BCUT2D eigenvalue weighted by molar-refractivity contribution is 7.13. The van der Waals surface area contributed by atoms with Crippen molar-refractivity contribution in [1.82, 2.24) is 20.2 Å². The summed E-state index contributed by atoms with van der Waals surface area (Å²) in [6, 6.07) is 3.45. The summed E-state index contributed by atoms with van der Waals surface area (Å²) in [5.41, 5.74) is 7.13. The minimum absolute atomic E-state index is 0.0788. The summed E-state index contributed by atoms with van der Waals surface area (Å²) in [7, 11) is 0. The van der Waals surface area contributed by atoms with Crippen molar-refractivity contribution in [3.63, 3.8) is 0 Å². The number of nitrogens with two attached hydrogens (primary N) is 1. The van der Waals surface area contributed by atoms with Crippen LogP contribution in [-0.4, -0.2) is 64.7 Å². The summed E-state index contributed by atoms with van der Waals surface area (Å²) in [5.74, 6) is -1.50. The number of hydrogen-bond acceptors (Lipinski definition) is 8. The second kappa shape index (κ2) is 12.2. The lowest BCUT2D eigenvalue weighted by molar-refractivity contribution is -0.136. The number of thiazole rings is 1. The highest BCUT2D eigenvalue weighted by Crippen LogP contribution is 2.23. The van der Waals surface area contributed by atoms with E-state index in [1.807, 2.05) is 13.0 Å². The fourth-order valence-corrected chi connectivity index (χ4v) is 4.31. The maximum Gasteiger partial charge on any atom is 0.314 e. The van der Waals surface area contributed by atoms with Gasteiger partial charge in [-0.2, -0.15) is 0 Å². The van der Waals surface area contributed by atoms with Crippen LogP contribution < -0.4 is 16.4 Å². The zero-order valence-electron chi connectivity index (χ0n) is 18.9. The number of nitrogens with zero attached hydrogens (tertiary/aromatic N) is 3. The molecule has 0 unspecified atom stereocenters. The molecule has 0 aliphatic carbocycles. The topological polar surface area (TPSA) is 157 Å². The molecule has 0 atom stereocenters. The van der Waals surface area contributed by atoms with Crippen molar-refractivity contribution < 1.29 is 23.9 Å². The van der Waals surface area contributed by atoms with Crippen molar-refractivity contribution >= 4 is 41.3 Å². The number of pyridine rings is 1. The van der Waals surface area contributed by atoms with Crippen LogP contribution in [0.1, 0.15) is 45.7 Å². The van der Waals surface area contributed by atoms with Crippen molar-refractivity contribution in [2.75, 3.05) is 25.0 Å². The highest BCUT2D eigenvalue weighted by atomic mass is 32.1. The number of ether oxygens (including phenoxy) is 1. The van der Waals surface area contributed by atoms with Crippen molar-refractivity contribution in [2.45, 2.75) is 45.3 Å². The Morgan fingerprint density at radius 2 is 2.03 bits per heavy atom. The predicted octanol–water partition coefficient (Wildman–Crippen LogP) is 0.634. The van der Waals surface area contributed by atoms with E-state index in [0.29, 0.717) is 50.0 Å². The number of aromatic nitrogens is 2. The Kier molecular flexibility index (Phi) is 9.05. The molecule has 2 aliphatic heterocycles. The number of rotatable bonds is 5. The van der Waals surface area contributed by atoms with Crippen molar-refractivity contribution in [2.24, 2.45) is 5.73 Å². The second-order valence-corrected chi connectivity index (χ2v) is 8.89. The van der Waals surface area contributed by atoms with Gasteiger partial charge in [0.1, 0.15) is 5.82 Å². The van der Waals surface area contributed by atoms with E-state index in [1.54, 1.807) is 17.2 Å². The van der Waals surface area contributed by atoms with E-state index in [4.69, 9.17) is 10.5 Å². The Morgan fingerprint density at radius 1 is 1.26 bits per heavy atom. The van der Waals surface area contributed by atoms with E-state index in [9.17, 15) is 19.2 Å². The zero-order chi connectivity index (χ0) is 24.5. The molecular formula is C22H28N6O5S. The van der Waals surface area contributed by atoms with Gasteiger partial charge in [0.05, 0.1) is 23.8 Å². The number of amides is 4. The number of hydrogen-bond donors (Lipinski definition) is 3. The number of primary amides is 1. The lowest BCUT2D eigenvalue weighted by Gasteiger charge is -2.29. The third-order valence-corrected chi connectivity index (χ3v) is 6.49. The lowest BCUT2D eigenvalue weighted by atomic mass is 10.1. The molecule has 11 nitrogen and oxygen atoms in total. The van der Waals surface area contributed by atoms with E-state index >= 15 is 0 Å². The number of aryl methyl sites for hydroxylation is 1. The average Bonchev–Trinajstić information content (AvgIpc) is 3.30. The molecule has 4 rings (SSSR count). The van der Waals surface area contributed by atoms with E-state index in [1.165, 1.54) is 11.3 Å². The summed E-state index contributed by atoms with van der Waals surface area (Å²) in [6.45, 7) is 4.46. The van der Waals surface area contributed by atoms with Crippen LogP contribution in [0.3, 0.4) is 0 Å². The smallest absolute Gasteiger partial charge is 0.314 e. The second-order valence-electron chi connectivity index (χ2n) is 7.80. The molecule has 34 heavy (non-hydrogen) atoms. The summed E-state index contributed by atoms with van der Waals surface area (Å²) >= 11 is 1.33. The Bertz CT molecular complexity index is 994. The first kappa shape index (κ1) is 25.2. The Balaban J connectivity index is 0.000000226. The molecular weight excluding hydrogens is 460 g/mol. The average molecular weight is 489 g/mol. The molecule has 0 radical (unpaired) electrons. The molecule has 4 heterocycles. The van der Waals surface area contributed by atoms with Crippen LogP contribution in [0.2, 0.25) is 0 Å². The van der Waals surface area contributed by atoms with E-state index in [-0.39, 0.29) is 6.04 Å². The largest absolute Gasteiger partial charge is 0.375 e. The normalized spacial score (nSPS) is 15.4. The summed E-state index contributed by atoms with van der Waals surface area (Å²) in [5, 5.41) is 5.55. The highest BCUT2D eigenvalue weighted by Gasteiger charge is 2.23. The summed E-state index contributed by atoms with van der Waals surface area (Å²) in [4.78, 5) is 55.9. The Labute approximate surface area is 201 Å². The fourth-order valence-electron chi connectivity index (χ4n) is 3.41.